The number of aromatic nitrogens is 1. The average Bonchev–Trinajstić information content (AvgIpc) is 2.71. The van der Waals surface area contributed by atoms with Gasteiger partial charge in [0.25, 0.3) is 0 Å². The Morgan fingerprint density at radius 2 is 1.81 bits per heavy atom. The third-order valence-corrected chi connectivity index (χ3v) is 4.19. The van der Waals surface area contributed by atoms with Gasteiger partial charge in [-0.15, -0.1) is 0 Å². The van der Waals surface area contributed by atoms with Gasteiger partial charge in [-0.2, -0.15) is 0 Å². The Morgan fingerprint density at radius 3 is 2.59 bits per heavy atom. The van der Waals surface area contributed by atoms with E-state index in [2.05, 4.69) is 4.98 Å². The van der Waals surface area contributed by atoms with Gasteiger partial charge in [-0.3, -0.25) is 4.98 Å². The number of fused-ring (bicyclic) bond motifs is 1. The SMILES string of the molecule is COc1ccc(/C=C/C(=O)OC(C)c2cnc3ccccc3c2)cc1OC. The van der Waals surface area contributed by atoms with Crippen LogP contribution in [0.2, 0.25) is 0 Å². The molecule has 5 nitrogen and oxygen atoms in total. The van der Waals surface area contributed by atoms with Gasteiger partial charge in [-0.25, -0.2) is 4.79 Å². The molecule has 0 N–H and O–H groups in total. The van der Waals surface area contributed by atoms with E-state index in [9.17, 15) is 4.79 Å². The van der Waals surface area contributed by atoms with Crippen molar-refractivity contribution >= 4 is 22.9 Å². The first-order chi connectivity index (χ1) is 13.1. The van der Waals surface area contributed by atoms with Crippen LogP contribution in [0.1, 0.15) is 24.2 Å². The van der Waals surface area contributed by atoms with Gasteiger partial charge in [-0.05, 0) is 42.8 Å². The predicted octanol–water partition coefficient (Wildman–Crippen LogP) is 4.57. The molecule has 27 heavy (non-hydrogen) atoms. The smallest absolute Gasteiger partial charge is 0.331 e. The third-order valence-electron chi connectivity index (χ3n) is 4.19. The first kappa shape index (κ1) is 18.5. The molecule has 3 rings (SSSR count). The molecule has 1 aromatic heterocycles. The highest BCUT2D eigenvalue weighted by Gasteiger charge is 2.11. The van der Waals surface area contributed by atoms with Crippen molar-refractivity contribution < 1.29 is 19.0 Å². The van der Waals surface area contributed by atoms with Gasteiger partial charge >= 0.3 is 5.97 Å². The molecular formula is C22H21NO4. The second-order valence-corrected chi connectivity index (χ2v) is 5.99. The normalized spacial score (nSPS) is 12.1. The number of carbonyl (C=O) groups excluding carboxylic acids is 1. The summed E-state index contributed by atoms with van der Waals surface area (Å²) in [4.78, 5) is 16.6. The van der Waals surface area contributed by atoms with E-state index in [4.69, 9.17) is 14.2 Å². The van der Waals surface area contributed by atoms with Crippen molar-refractivity contribution in [3.8, 4) is 11.5 Å². The van der Waals surface area contributed by atoms with Gasteiger partial charge < -0.3 is 14.2 Å². The summed E-state index contributed by atoms with van der Waals surface area (Å²) < 4.78 is 15.9. The summed E-state index contributed by atoms with van der Waals surface area (Å²) in [5, 5.41) is 1.01. The molecule has 2 aromatic carbocycles. The summed E-state index contributed by atoms with van der Waals surface area (Å²) in [5.74, 6) is 0.809. The largest absolute Gasteiger partial charge is 0.493 e. The molecule has 0 saturated carbocycles. The minimum absolute atomic E-state index is 0.398. The summed E-state index contributed by atoms with van der Waals surface area (Å²) in [6.07, 6.45) is 4.41. The number of esters is 1. The lowest BCUT2D eigenvalue weighted by molar-refractivity contribution is -0.142. The topological polar surface area (TPSA) is 57.7 Å². The molecule has 3 aromatic rings. The molecule has 1 heterocycles. The monoisotopic (exact) mass is 363 g/mol. The fourth-order valence-electron chi connectivity index (χ4n) is 2.71. The van der Waals surface area contributed by atoms with E-state index in [1.165, 1.54) is 6.08 Å². The van der Waals surface area contributed by atoms with Gasteiger partial charge in [0.15, 0.2) is 11.5 Å². The van der Waals surface area contributed by atoms with E-state index >= 15 is 0 Å². The molecule has 0 aliphatic carbocycles. The average molecular weight is 363 g/mol. The Hall–Kier alpha value is -3.34. The van der Waals surface area contributed by atoms with Crippen molar-refractivity contribution in [2.24, 2.45) is 0 Å². The minimum atomic E-state index is -0.426. The summed E-state index contributed by atoms with van der Waals surface area (Å²) in [6.45, 7) is 1.83. The van der Waals surface area contributed by atoms with Crippen molar-refractivity contribution in [3.05, 3.63) is 71.9 Å². The van der Waals surface area contributed by atoms with Gasteiger partial charge in [0.1, 0.15) is 6.10 Å². The summed E-state index contributed by atoms with van der Waals surface area (Å²) >= 11 is 0. The lowest BCUT2D eigenvalue weighted by Gasteiger charge is -2.12. The van der Waals surface area contributed by atoms with Crippen LogP contribution in [0.15, 0.2) is 60.8 Å². The molecule has 138 valence electrons. The van der Waals surface area contributed by atoms with Crippen LogP contribution in [-0.4, -0.2) is 25.2 Å². The Bertz CT molecular complexity index is 981. The number of para-hydroxylation sites is 1. The Labute approximate surface area is 158 Å². The molecule has 1 atom stereocenters. The van der Waals surface area contributed by atoms with Crippen LogP contribution in [0, 0.1) is 0 Å². The minimum Gasteiger partial charge on any atom is -0.493 e. The van der Waals surface area contributed by atoms with E-state index in [1.807, 2.05) is 43.3 Å². The number of methoxy groups -OCH3 is 2. The van der Waals surface area contributed by atoms with E-state index in [0.717, 1.165) is 22.0 Å². The number of nitrogens with zero attached hydrogens (tertiary/aromatic N) is 1. The molecule has 0 spiro atoms. The van der Waals surface area contributed by atoms with Crippen molar-refractivity contribution in [3.63, 3.8) is 0 Å². The van der Waals surface area contributed by atoms with Gasteiger partial charge in [-0.1, -0.05) is 24.3 Å². The molecule has 0 fully saturated rings. The number of pyridine rings is 1. The third kappa shape index (κ3) is 4.44. The lowest BCUT2D eigenvalue weighted by atomic mass is 10.1. The lowest BCUT2D eigenvalue weighted by Crippen LogP contribution is -2.06. The molecular weight excluding hydrogens is 342 g/mol. The molecule has 0 radical (unpaired) electrons. The van der Waals surface area contributed by atoms with E-state index in [1.54, 1.807) is 38.6 Å². The zero-order chi connectivity index (χ0) is 19.2. The second-order valence-electron chi connectivity index (χ2n) is 5.99. The van der Waals surface area contributed by atoms with Gasteiger partial charge in [0.05, 0.1) is 19.7 Å². The van der Waals surface area contributed by atoms with Crippen molar-refractivity contribution in [1.82, 2.24) is 4.98 Å². The number of benzene rings is 2. The van der Waals surface area contributed by atoms with E-state index in [-0.39, 0.29) is 0 Å². The maximum Gasteiger partial charge on any atom is 0.331 e. The maximum atomic E-state index is 12.2. The zero-order valence-corrected chi connectivity index (χ0v) is 15.5. The highest BCUT2D eigenvalue weighted by molar-refractivity contribution is 5.87. The number of hydrogen-bond donors (Lipinski definition) is 0. The zero-order valence-electron chi connectivity index (χ0n) is 15.5. The Morgan fingerprint density at radius 1 is 1.04 bits per heavy atom. The number of rotatable bonds is 6. The van der Waals surface area contributed by atoms with Crippen LogP contribution in [0.3, 0.4) is 0 Å². The first-order valence-corrected chi connectivity index (χ1v) is 8.56. The van der Waals surface area contributed by atoms with Crippen LogP contribution >= 0.6 is 0 Å². The van der Waals surface area contributed by atoms with Crippen molar-refractivity contribution in [2.45, 2.75) is 13.0 Å². The quantitative estimate of drug-likeness (QED) is 0.474. The van der Waals surface area contributed by atoms with Crippen LogP contribution < -0.4 is 9.47 Å². The fraction of sp³-hybridized carbons (Fsp3) is 0.182. The summed E-state index contributed by atoms with van der Waals surface area (Å²) in [7, 11) is 3.15. The van der Waals surface area contributed by atoms with Crippen LogP contribution in [-0.2, 0) is 9.53 Å². The molecule has 0 aliphatic rings. The fourth-order valence-corrected chi connectivity index (χ4v) is 2.71. The van der Waals surface area contributed by atoms with Crippen molar-refractivity contribution in [2.75, 3.05) is 14.2 Å². The highest BCUT2D eigenvalue weighted by Crippen LogP contribution is 2.28. The number of ether oxygens (including phenoxy) is 3. The highest BCUT2D eigenvalue weighted by atomic mass is 16.5. The number of hydrogen-bond acceptors (Lipinski definition) is 5. The van der Waals surface area contributed by atoms with E-state index < -0.39 is 12.1 Å². The Kier molecular flexibility index (Phi) is 5.71. The molecule has 0 amide bonds. The van der Waals surface area contributed by atoms with Crippen LogP contribution in [0.5, 0.6) is 11.5 Å². The Balaban J connectivity index is 1.68. The predicted molar refractivity (Wildman–Crippen MR) is 105 cm³/mol. The maximum absolute atomic E-state index is 12.2. The van der Waals surface area contributed by atoms with E-state index in [0.29, 0.717) is 11.5 Å². The van der Waals surface area contributed by atoms with Crippen LogP contribution in [0.25, 0.3) is 17.0 Å². The summed E-state index contributed by atoms with van der Waals surface area (Å²) in [5.41, 5.74) is 2.57. The second kappa shape index (κ2) is 8.36. The first-order valence-electron chi connectivity index (χ1n) is 8.56. The molecule has 0 aliphatic heterocycles. The number of carbonyl (C=O) groups is 1. The van der Waals surface area contributed by atoms with Crippen LogP contribution in [0.4, 0.5) is 0 Å². The molecule has 1 unspecified atom stereocenters. The summed E-state index contributed by atoms with van der Waals surface area (Å²) in [6, 6.07) is 15.2. The molecule has 5 heteroatoms. The molecule has 0 bridgehead atoms. The standard InChI is InChI=1S/C22H21NO4/c1-15(18-13-17-6-4-5-7-19(17)23-14-18)27-22(24)11-9-16-8-10-20(25-2)21(12-16)26-3/h4-15H,1-3H3/b11-9+. The van der Waals surface area contributed by atoms with Gasteiger partial charge in [0, 0.05) is 23.2 Å². The van der Waals surface area contributed by atoms with Gasteiger partial charge in [0.2, 0.25) is 0 Å². The van der Waals surface area contributed by atoms with Crippen molar-refractivity contribution in [1.29, 1.82) is 0 Å². The molecule has 0 saturated heterocycles.